The number of aromatic nitrogens is 2. The third-order valence-electron chi connectivity index (χ3n) is 3.91. The van der Waals surface area contributed by atoms with E-state index >= 15 is 0 Å². The van der Waals surface area contributed by atoms with Crippen molar-refractivity contribution in [2.75, 3.05) is 38.4 Å². The zero-order chi connectivity index (χ0) is 18.8. The van der Waals surface area contributed by atoms with Gasteiger partial charge in [0.05, 0.1) is 27.0 Å². The number of nitrogens with zero attached hydrogens (tertiary/aromatic N) is 2. The van der Waals surface area contributed by atoms with Crippen LogP contribution in [0.4, 0.5) is 11.8 Å². The van der Waals surface area contributed by atoms with E-state index in [1.54, 1.807) is 20.4 Å². The standard InChI is InChI=1S/C19H28N4O3/c1-4-5-10-21-18-17(13-22-19(20)23-18)26-11-6-7-14-8-9-15(24-2)16(12-14)25-3/h8-9,12-13H,4-7,10-11H2,1-3H3,(H3,20,21,22,23). The summed E-state index contributed by atoms with van der Waals surface area (Å²) in [5.41, 5.74) is 6.84. The van der Waals surface area contributed by atoms with E-state index in [1.165, 1.54) is 5.56 Å². The lowest BCUT2D eigenvalue weighted by Gasteiger charge is -2.13. The molecule has 1 heterocycles. The fourth-order valence-electron chi connectivity index (χ4n) is 2.49. The topological polar surface area (TPSA) is 91.5 Å². The summed E-state index contributed by atoms with van der Waals surface area (Å²) in [4.78, 5) is 8.24. The molecule has 0 atom stereocenters. The van der Waals surface area contributed by atoms with Crippen LogP contribution >= 0.6 is 0 Å². The summed E-state index contributed by atoms with van der Waals surface area (Å²) in [6.07, 6.45) is 5.51. The fraction of sp³-hybridized carbons (Fsp3) is 0.474. The average Bonchev–Trinajstić information content (AvgIpc) is 2.66. The molecule has 0 fully saturated rings. The van der Waals surface area contributed by atoms with Gasteiger partial charge in [-0.3, -0.25) is 0 Å². The lowest BCUT2D eigenvalue weighted by atomic mass is 10.1. The van der Waals surface area contributed by atoms with Gasteiger partial charge in [-0.05, 0) is 37.0 Å². The molecule has 0 bridgehead atoms. The van der Waals surface area contributed by atoms with Crippen LogP contribution in [-0.4, -0.2) is 37.3 Å². The molecule has 2 rings (SSSR count). The second kappa shape index (κ2) is 10.3. The molecular weight excluding hydrogens is 332 g/mol. The van der Waals surface area contributed by atoms with Gasteiger partial charge in [-0.2, -0.15) is 4.98 Å². The van der Waals surface area contributed by atoms with Crippen molar-refractivity contribution in [3.05, 3.63) is 30.0 Å². The van der Waals surface area contributed by atoms with Crippen LogP contribution in [0, 0.1) is 0 Å². The molecule has 1 aromatic heterocycles. The van der Waals surface area contributed by atoms with Gasteiger partial charge in [0, 0.05) is 6.54 Å². The number of hydrogen-bond acceptors (Lipinski definition) is 7. The van der Waals surface area contributed by atoms with E-state index in [1.807, 2.05) is 18.2 Å². The number of methoxy groups -OCH3 is 2. The van der Waals surface area contributed by atoms with Crippen LogP contribution in [0.15, 0.2) is 24.4 Å². The molecule has 1 aromatic carbocycles. The van der Waals surface area contributed by atoms with Crippen molar-refractivity contribution in [3.8, 4) is 17.2 Å². The van der Waals surface area contributed by atoms with E-state index in [0.717, 1.165) is 43.7 Å². The summed E-state index contributed by atoms with van der Waals surface area (Å²) < 4.78 is 16.4. The number of anilines is 2. The molecule has 0 saturated heterocycles. The summed E-state index contributed by atoms with van der Waals surface area (Å²) in [5.74, 6) is 2.98. The first-order valence-electron chi connectivity index (χ1n) is 8.88. The number of ether oxygens (including phenoxy) is 3. The number of nitrogens with one attached hydrogen (secondary N) is 1. The van der Waals surface area contributed by atoms with E-state index in [-0.39, 0.29) is 5.95 Å². The van der Waals surface area contributed by atoms with E-state index in [0.29, 0.717) is 18.2 Å². The smallest absolute Gasteiger partial charge is 0.222 e. The van der Waals surface area contributed by atoms with Gasteiger partial charge in [0.15, 0.2) is 23.1 Å². The molecule has 7 heteroatoms. The van der Waals surface area contributed by atoms with Crippen molar-refractivity contribution >= 4 is 11.8 Å². The van der Waals surface area contributed by atoms with Crippen molar-refractivity contribution in [1.82, 2.24) is 9.97 Å². The van der Waals surface area contributed by atoms with E-state index in [4.69, 9.17) is 19.9 Å². The number of aryl methyl sites for hydroxylation is 1. The highest BCUT2D eigenvalue weighted by molar-refractivity contribution is 5.51. The zero-order valence-electron chi connectivity index (χ0n) is 15.7. The van der Waals surface area contributed by atoms with Gasteiger partial charge in [0.1, 0.15) is 0 Å². The molecule has 142 valence electrons. The number of hydrogen-bond donors (Lipinski definition) is 2. The highest BCUT2D eigenvalue weighted by atomic mass is 16.5. The third kappa shape index (κ3) is 5.68. The Morgan fingerprint density at radius 3 is 2.62 bits per heavy atom. The van der Waals surface area contributed by atoms with E-state index < -0.39 is 0 Å². The number of unbranched alkanes of at least 4 members (excludes halogenated alkanes) is 1. The van der Waals surface area contributed by atoms with Gasteiger partial charge < -0.3 is 25.3 Å². The number of nitrogen functional groups attached to an aromatic ring is 1. The molecule has 0 aliphatic carbocycles. The molecule has 0 aliphatic rings. The molecule has 7 nitrogen and oxygen atoms in total. The van der Waals surface area contributed by atoms with Crippen LogP contribution in [0.1, 0.15) is 31.7 Å². The molecule has 2 aromatic rings. The summed E-state index contributed by atoms with van der Waals surface area (Å²) >= 11 is 0. The van der Waals surface area contributed by atoms with Crippen LogP contribution in [0.2, 0.25) is 0 Å². The molecule has 26 heavy (non-hydrogen) atoms. The van der Waals surface area contributed by atoms with Crippen LogP contribution in [0.5, 0.6) is 17.2 Å². The normalized spacial score (nSPS) is 10.4. The number of benzene rings is 1. The second-order valence-electron chi connectivity index (χ2n) is 5.86. The summed E-state index contributed by atoms with van der Waals surface area (Å²) in [6.45, 7) is 3.53. The zero-order valence-corrected chi connectivity index (χ0v) is 15.7. The molecule has 0 amide bonds. The Balaban J connectivity index is 1.88. The maximum Gasteiger partial charge on any atom is 0.222 e. The van der Waals surface area contributed by atoms with Gasteiger partial charge in [-0.15, -0.1) is 0 Å². The first-order valence-corrected chi connectivity index (χ1v) is 8.88. The lowest BCUT2D eigenvalue weighted by Crippen LogP contribution is -2.09. The largest absolute Gasteiger partial charge is 0.493 e. The third-order valence-corrected chi connectivity index (χ3v) is 3.91. The molecule has 0 radical (unpaired) electrons. The molecular formula is C19H28N4O3. The Labute approximate surface area is 154 Å². The van der Waals surface area contributed by atoms with Crippen molar-refractivity contribution in [3.63, 3.8) is 0 Å². The van der Waals surface area contributed by atoms with E-state index in [9.17, 15) is 0 Å². The van der Waals surface area contributed by atoms with Crippen molar-refractivity contribution in [1.29, 1.82) is 0 Å². The predicted molar refractivity (Wildman–Crippen MR) is 103 cm³/mol. The van der Waals surface area contributed by atoms with Gasteiger partial charge in [-0.1, -0.05) is 19.4 Å². The minimum absolute atomic E-state index is 0.238. The SMILES string of the molecule is CCCCNc1nc(N)ncc1OCCCc1ccc(OC)c(OC)c1. The molecule has 0 spiro atoms. The van der Waals surface area contributed by atoms with Crippen LogP contribution in [-0.2, 0) is 6.42 Å². The molecule has 0 unspecified atom stereocenters. The highest BCUT2D eigenvalue weighted by Crippen LogP contribution is 2.28. The minimum Gasteiger partial charge on any atom is -0.493 e. The van der Waals surface area contributed by atoms with Crippen LogP contribution in [0.3, 0.4) is 0 Å². The van der Waals surface area contributed by atoms with Crippen molar-refractivity contribution in [2.45, 2.75) is 32.6 Å². The Hall–Kier alpha value is -2.70. The fourth-order valence-corrected chi connectivity index (χ4v) is 2.49. The molecule has 0 aliphatic heterocycles. The summed E-state index contributed by atoms with van der Waals surface area (Å²) in [7, 11) is 3.27. The summed E-state index contributed by atoms with van der Waals surface area (Å²) in [5, 5.41) is 3.25. The maximum absolute atomic E-state index is 5.85. The van der Waals surface area contributed by atoms with Gasteiger partial charge in [-0.25, -0.2) is 4.98 Å². The Morgan fingerprint density at radius 1 is 1.08 bits per heavy atom. The Kier molecular flexibility index (Phi) is 7.79. The van der Waals surface area contributed by atoms with Crippen molar-refractivity contribution < 1.29 is 14.2 Å². The maximum atomic E-state index is 5.85. The molecule has 0 saturated carbocycles. The first kappa shape index (κ1) is 19.6. The lowest BCUT2D eigenvalue weighted by molar-refractivity contribution is 0.310. The minimum atomic E-state index is 0.238. The van der Waals surface area contributed by atoms with Gasteiger partial charge in [0.25, 0.3) is 0 Å². The van der Waals surface area contributed by atoms with Gasteiger partial charge >= 0.3 is 0 Å². The number of rotatable bonds is 11. The summed E-state index contributed by atoms with van der Waals surface area (Å²) in [6, 6.07) is 5.94. The van der Waals surface area contributed by atoms with E-state index in [2.05, 4.69) is 22.2 Å². The quantitative estimate of drug-likeness (QED) is 0.594. The highest BCUT2D eigenvalue weighted by Gasteiger charge is 2.08. The van der Waals surface area contributed by atoms with Gasteiger partial charge in [0.2, 0.25) is 5.95 Å². The predicted octanol–water partition coefficient (Wildman–Crippen LogP) is 3.30. The van der Waals surface area contributed by atoms with Crippen LogP contribution in [0.25, 0.3) is 0 Å². The van der Waals surface area contributed by atoms with Crippen LogP contribution < -0.4 is 25.3 Å². The number of nitrogens with two attached hydrogens (primary N) is 1. The second-order valence-corrected chi connectivity index (χ2v) is 5.86. The molecule has 3 N–H and O–H groups in total. The monoisotopic (exact) mass is 360 g/mol. The van der Waals surface area contributed by atoms with Crippen molar-refractivity contribution in [2.24, 2.45) is 0 Å². The first-order chi connectivity index (χ1) is 12.7. The Bertz CT molecular complexity index is 694. The average molecular weight is 360 g/mol. The Morgan fingerprint density at radius 2 is 1.88 bits per heavy atom.